The third-order valence-corrected chi connectivity index (χ3v) is 3.51. The number of rotatable bonds is 5. The maximum atomic E-state index is 11.7. The van der Waals surface area contributed by atoms with Crippen LogP contribution in [0.3, 0.4) is 0 Å². The summed E-state index contributed by atoms with van der Waals surface area (Å²) in [7, 11) is 0. The molecule has 1 aromatic heterocycles. The summed E-state index contributed by atoms with van der Waals surface area (Å²) in [5.74, 6) is 0.524. The standard InChI is InChI=1S/C15H22N4O/c1-2-11-16-15(20)13-9-10-14(19-18-13)17-12-7-5-3-4-6-8-12/h2,9-10,12H,1,3-8,11H2,(H,16,20)(H,17,19). The van der Waals surface area contributed by atoms with Gasteiger partial charge in [0, 0.05) is 12.6 Å². The Morgan fingerprint density at radius 1 is 1.25 bits per heavy atom. The molecule has 0 aliphatic heterocycles. The molecule has 0 radical (unpaired) electrons. The van der Waals surface area contributed by atoms with Crippen LogP contribution >= 0.6 is 0 Å². The Balaban J connectivity index is 1.90. The van der Waals surface area contributed by atoms with Crippen LogP contribution in [0.25, 0.3) is 0 Å². The first-order valence-electron chi connectivity index (χ1n) is 7.29. The Bertz CT molecular complexity index is 436. The van der Waals surface area contributed by atoms with Crippen molar-refractivity contribution in [2.45, 2.75) is 44.6 Å². The van der Waals surface area contributed by atoms with Crippen molar-refractivity contribution in [3.63, 3.8) is 0 Å². The molecular formula is C15H22N4O. The molecular weight excluding hydrogens is 252 g/mol. The molecule has 0 spiro atoms. The van der Waals surface area contributed by atoms with Gasteiger partial charge in [-0.25, -0.2) is 0 Å². The number of anilines is 1. The highest BCUT2D eigenvalue weighted by molar-refractivity contribution is 5.92. The Morgan fingerprint density at radius 3 is 2.60 bits per heavy atom. The quantitative estimate of drug-likeness (QED) is 0.639. The Morgan fingerprint density at radius 2 is 2.00 bits per heavy atom. The predicted octanol–water partition coefficient (Wildman–Crippen LogP) is 2.53. The van der Waals surface area contributed by atoms with E-state index in [4.69, 9.17) is 0 Å². The van der Waals surface area contributed by atoms with Gasteiger partial charge in [0.05, 0.1) is 0 Å². The fourth-order valence-corrected chi connectivity index (χ4v) is 2.42. The van der Waals surface area contributed by atoms with Gasteiger partial charge in [-0.1, -0.05) is 31.8 Å². The van der Waals surface area contributed by atoms with Gasteiger partial charge < -0.3 is 10.6 Å². The van der Waals surface area contributed by atoms with Crippen molar-refractivity contribution >= 4 is 11.7 Å². The van der Waals surface area contributed by atoms with E-state index in [9.17, 15) is 4.79 Å². The minimum atomic E-state index is -0.224. The topological polar surface area (TPSA) is 66.9 Å². The molecule has 108 valence electrons. The lowest BCUT2D eigenvalue weighted by atomic mass is 10.1. The largest absolute Gasteiger partial charge is 0.366 e. The van der Waals surface area contributed by atoms with Gasteiger partial charge >= 0.3 is 0 Å². The van der Waals surface area contributed by atoms with E-state index in [1.54, 1.807) is 12.1 Å². The molecule has 0 saturated heterocycles. The van der Waals surface area contributed by atoms with Gasteiger partial charge in [-0.3, -0.25) is 4.79 Å². The van der Waals surface area contributed by atoms with Crippen LogP contribution < -0.4 is 10.6 Å². The second-order valence-corrected chi connectivity index (χ2v) is 5.14. The number of nitrogens with zero attached hydrogens (tertiary/aromatic N) is 2. The van der Waals surface area contributed by atoms with Gasteiger partial charge in [0.1, 0.15) is 5.82 Å². The highest BCUT2D eigenvalue weighted by atomic mass is 16.1. The molecule has 1 amide bonds. The lowest BCUT2D eigenvalue weighted by Gasteiger charge is -2.16. The van der Waals surface area contributed by atoms with Crippen molar-refractivity contribution in [2.24, 2.45) is 0 Å². The highest BCUT2D eigenvalue weighted by Gasteiger charge is 2.13. The van der Waals surface area contributed by atoms with E-state index in [2.05, 4.69) is 27.4 Å². The first kappa shape index (κ1) is 14.5. The van der Waals surface area contributed by atoms with Crippen LogP contribution in [0.4, 0.5) is 5.82 Å². The maximum absolute atomic E-state index is 11.7. The Kier molecular flexibility index (Phi) is 5.53. The normalized spacial score (nSPS) is 16.2. The van der Waals surface area contributed by atoms with Crippen LogP contribution in [0.2, 0.25) is 0 Å². The highest BCUT2D eigenvalue weighted by Crippen LogP contribution is 2.20. The maximum Gasteiger partial charge on any atom is 0.272 e. The molecule has 1 fully saturated rings. The van der Waals surface area contributed by atoms with Crippen LogP contribution in [0.1, 0.15) is 49.0 Å². The molecule has 1 aromatic rings. The average Bonchev–Trinajstić information content (AvgIpc) is 2.74. The minimum absolute atomic E-state index is 0.224. The molecule has 1 aliphatic carbocycles. The molecule has 1 aliphatic rings. The van der Waals surface area contributed by atoms with Crippen molar-refractivity contribution in [1.29, 1.82) is 0 Å². The van der Waals surface area contributed by atoms with E-state index < -0.39 is 0 Å². The zero-order chi connectivity index (χ0) is 14.2. The van der Waals surface area contributed by atoms with Crippen LogP contribution in [-0.4, -0.2) is 28.7 Å². The average molecular weight is 274 g/mol. The molecule has 20 heavy (non-hydrogen) atoms. The van der Waals surface area contributed by atoms with E-state index in [1.807, 2.05) is 6.07 Å². The number of carbonyl (C=O) groups excluding carboxylic acids is 1. The van der Waals surface area contributed by atoms with E-state index in [1.165, 1.54) is 38.5 Å². The zero-order valence-electron chi connectivity index (χ0n) is 11.8. The van der Waals surface area contributed by atoms with E-state index in [0.717, 1.165) is 5.82 Å². The van der Waals surface area contributed by atoms with Crippen molar-refractivity contribution in [1.82, 2.24) is 15.5 Å². The molecule has 2 N–H and O–H groups in total. The molecule has 5 nitrogen and oxygen atoms in total. The fourth-order valence-electron chi connectivity index (χ4n) is 2.42. The van der Waals surface area contributed by atoms with Gasteiger partial charge in [-0.15, -0.1) is 16.8 Å². The molecule has 0 bridgehead atoms. The van der Waals surface area contributed by atoms with Crippen LogP contribution in [0.5, 0.6) is 0 Å². The first-order valence-corrected chi connectivity index (χ1v) is 7.29. The summed E-state index contributed by atoms with van der Waals surface area (Å²) in [6.45, 7) is 3.99. The van der Waals surface area contributed by atoms with Gasteiger partial charge in [-0.2, -0.15) is 0 Å². The van der Waals surface area contributed by atoms with Crippen molar-refractivity contribution < 1.29 is 4.79 Å². The van der Waals surface area contributed by atoms with Gasteiger partial charge in [-0.05, 0) is 25.0 Å². The van der Waals surface area contributed by atoms with Gasteiger partial charge in [0.2, 0.25) is 0 Å². The number of hydrogen-bond acceptors (Lipinski definition) is 4. The van der Waals surface area contributed by atoms with Crippen LogP contribution in [0.15, 0.2) is 24.8 Å². The summed E-state index contributed by atoms with van der Waals surface area (Å²) in [6, 6.07) is 4.00. The summed E-state index contributed by atoms with van der Waals surface area (Å²) in [4.78, 5) is 11.7. The minimum Gasteiger partial charge on any atom is -0.366 e. The number of amides is 1. The van der Waals surface area contributed by atoms with E-state index >= 15 is 0 Å². The molecule has 1 heterocycles. The van der Waals surface area contributed by atoms with E-state index in [-0.39, 0.29) is 5.91 Å². The Hall–Kier alpha value is -1.91. The van der Waals surface area contributed by atoms with Crippen molar-refractivity contribution in [3.05, 3.63) is 30.5 Å². The van der Waals surface area contributed by atoms with Crippen LogP contribution in [0, 0.1) is 0 Å². The van der Waals surface area contributed by atoms with E-state index in [0.29, 0.717) is 18.3 Å². The summed E-state index contributed by atoms with van der Waals surface area (Å²) in [5.41, 5.74) is 0.332. The second-order valence-electron chi connectivity index (χ2n) is 5.14. The van der Waals surface area contributed by atoms with Gasteiger partial charge in [0.15, 0.2) is 5.69 Å². The lowest BCUT2D eigenvalue weighted by molar-refractivity contribution is 0.0952. The molecule has 0 aromatic carbocycles. The Labute approximate surface area is 119 Å². The fraction of sp³-hybridized carbons (Fsp3) is 0.533. The third-order valence-electron chi connectivity index (χ3n) is 3.51. The molecule has 1 saturated carbocycles. The molecule has 5 heteroatoms. The number of nitrogens with one attached hydrogen (secondary N) is 2. The zero-order valence-corrected chi connectivity index (χ0v) is 11.8. The van der Waals surface area contributed by atoms with Gasteiger partial charge in [0.25, 0.3) is 5.91 Å². The SMILES string of the molecule is C=CCNC(=O)c1ccc(NC2CCCCCC2)nn1. The summed E-state index contributed by atoms with van der Waals surface area (Å²) in [6.07, 6.45) is 9.19. The first-order chi connectivity index (χ1) is 9.79. The second kappa shape index (κ2) is 7.62. The third kappa shape index (κ3) is 4.33. The van der Waals surface area contributed by atoms with Crippen molar-refractivity contribution in [3.8, 4) is 0 Å². The summed E-state index contributed by atoms with van der Waals surface area (Å²) in [5, 5.41) is 14.1. The molecule has 0 unspecified atom stereocenters. The molecule has 2 rings (SSSR count). The number of hydrogen-bond donors (Lipinski definition) is 2. The van der Waals surface area contributed by atoms with Crippen molar-refractivity contribution in [2.75, 3.05) is 11.9 Å². The molecule has 0 atom stereocenters. The summed E-state index contributed by atoms with van der Waals surface area (Å²) >= 11 is 0. The smallest absolute Gasteiger partial charge is 0.272 e. The monoisotopic (exact) mass is 274 g/mol. The number of carbonyl (C=O) groups is 1. The summed E-state index contributed by atoms with van der Waals surface area (Å²) < 4.78 is 0. The number of aromatic nitrogens is 2. The van der Waals surface area contributed by atoms with Crippen LogP contribution in [-0.2, 0) is 0 Å². The lowest BCUT2D eigenvalue weighted by Crippen LogP contribution is -2.25. The predicted molar refractivity (Wildman–Crippen MR) is 79.7 cm³/mol.